The van der Waals surface area contributed by atoms with Crippen molar-refractivity contribution < 1.29 is 18.3 Å². The van der Waals surface area contributed by atoms with E-state index in [0.29, 0.717) is 5.92 Å². The van der Waals surface area contributed by atoms with E-state index >= 15 is 0 Å². The van der Waals surface area contributed by atoms with Crippen molar-refractivity contribution in [2.45, 2.75) is 64.2 Å². The SMILES string of the molecule is COC(C)(C)CCCC(C)CCN(C)[C@@H]1CS(=O)(=O)C[C@H]1O. The maximum atomic E-state index is 11.6. The minimum Gasteiger partial charge on any atom is -0.390 e. The van der Waals surface area contributed by atoms with Gasteiger partial charge in [-0.2, -0.15) is 0 Å². The van der Waals surface area contributed by atoms with Crippen LogP contribution in [0.3, 0.4) is 0 Å². The van der Waals surface area contributed by atoms with Crippen LogP contribution >= 0.6 is 0 Å². The molecule has 6 heteroatoms. The molecule has 1 N–H and O–H groups in total. The fourth-order valence-corrected chi connectivity index (χ4v) is 4.82. The average molecular weight is 336 g/mol. The monoisotopic (exact) mass is 335 g/mol. The molecule has 3 atom stereocenters. The van der Waals surface area contributed by atoms with Crippen molar-refractivity contribution in [1.29, 1.82) is 0 Å². The molecule has 0 amide bonds. The molecule has 0 aromatic heterocycles. The van der Waals surface area contributed by atoms with Gasteiger partial charge in [-0.25, -0.2) is 8.42 Å². The number of hydrogen-bond acceptors (Lipinski definition) is 5. The van der Waals surface area contributed by atoms with Gasteiger partial charge in [-0.1, -0.05) is 19.8 Å². The molecule has 1 saturated heterocycles. The van der Waals surface area contributed by atoms with Crippen molar-refractivity contribution in [3.05, 3.63) is 0 Å². The Hall–Kier alpha value is -0.170. The fraction of sp³-hybridized carbons (Fsp3) is 1.00. The van der Waals surface area contributed by atoms with Gasteiger partial charge in [0.2, 0.25) is 0 Å². The Balaban J connectivity index is 2.28. The second-order valence-electron chi connectivity index (χ2n) is 7.44. The van der Waals surface area contributed by atoms with Gasteiger partial charge in [-0.3, -0.25) is 4.90 Å². The number of sulfone groups is 1. The number of ether oxygens (including phenoxy) is 1. The van der Waals surface area contributed by atoms with Gasteiger partial charge in [0, 0.05) is 7.11 Å². The van der Waals surface area contributed by atoms with Crippen molar-refractivity contribution in [3.8, 4) is 0 Å². The number of aliphatic hydroxyl groups is 1. The largest absolute Gasteiger partial charge is 0.390 e. The average Bonchev–Trinajstić information content (AvgIpc) is 2.69. The third kappa shape index (κ3) is 6.52. The summed E-state index contributed by atoms with van der Waals surface area (Å²) in [7, 11) is 0.594. The molecule has 1 aliphatic heterocycles. The van der Waals surface area contributed by atoms with E-state index in [1.54, 1.807) is 7.11 Å². The number of rotatable bonds is 9. The van der Waals surface area contributed by atoms with Crippen LogP contribution in [0.1, 0.15) is 46.5 Å². The van der Waals surface area contributed by atoms with E-state index in [4.69, 9.17) is 4.74 Å². The van der Waals surface area contributed by atoms with Crippen molar-refractivity contribution in [3.63, 3.8) is 0 Å². The summed E-state index contributed by atoms with van der Waals surface area (Å²) in [5.41, 5.74) is -0.0567. The van der Waals surface area contributed by atoms with E-state index in [1.807, 2.05) is 11.9 Å². The van der Waals surface area contributed by atoms with E-state index < -0.39 is 15.9 Å². The lowest BCUT2D eigenvalue weighted by Gasteiger charge is -2.27. The van der Waals surface area contributed by atoms with E-state index in [0.717, 1.165) is 32.2 Å². The van der Waals surface area contributed by atoms with E-state index in [1.165, 1.54) is 0 Å². The Kier molecular flexibility index (Phi) is 7.30. The van der Waals surface area contributed by atoms with Gasteiger partial charge in [0.05, 0.1) is 29.3 Å². The maximum absolute atomic E-state index is 11.6. The molecule has 132 valence electrons. The Labute approximate surface area is 136 Å². The van der Waals surface area contributed by atoms with Crippen molar-refractivity contribution in [1.82, 2.24) is 4.90 Å². The van der Waals surface area contributed by atoms with Gasteiger partial charge in [-0.15, -0.1) is 0 Å². The highest BCUT2D eigenvalue weighted by atomic mass is 32.2. The number of likely N-dealkylation sites (N-methyl/N-ethyl adjacent to an activating group) is 1. The zero-order valence-electron chi connectivity index (χ0n) is 14.7. The predicted molar refractivity (Wildman–Crippen MR) is 89.8 cm³/mol. The lowest BCUT2D eigenvalue weighted by Crippen LogP contribution is -2.41. The number of nitrogens with zero attached hydrogens (tertiary/aromatic N) is 1. The summed E-state index contributed by atoms with van der Waals surface area (Å²) < 4.78 is 28.5. The smallest absolute Gasteiger partial charge is 0.154 e. The number of methoxy groups -OCH3 is 1. The van der Waals surface area contributed by atoms with Crippen LogP contribution in [-0.2, 0) is 14.6 Å². The third-order valence-corrected chi connectivity index (χ3v) is 6.56. The quantitative estimate of drug-likeness (QED) is 0.695. The first-order chi connectivity index (χ1) is 10.1. The first-order valence-electron chi connectivity index (χ1n) is 8.20. The van der Waals surface area contributed by atoms with Gasteiger partial charge in [0.15, 0.2) is 9.84 Å². The van der Waals surface area contributed by atoms with Crippen molar-refractivity contribution in [2.75, 3.05) is 32.2 Å². The summed E-state index contributed by atoms with van der Waals surface area (Å²) in [5, 5.41) is 9.88. The molecular formula is C16H33NO4S. The number of aliphatic hydroxyl groups excluding tert-OH is 1. The molecular weight excluding hydrogens is 302 g/mol. The van der Waals surface area contributed by atoms with Gasteiger partial charge in [0.25, 0.3) is 0 Å². The van der Waals surface area contributed by atoms with Crippen LogP contribution in [0.4, 0.5) is 0 Å². The Morgan fingerprint density at radius 3 is 2.45 bits per heavy atom. The summed E-state index contributed by atoms with van der Waals surface area (Å²) in [5.74, 6) is 0.579. The normalized spacial score (nSPS) is 26.5. The molecule has 1 rings (SSSR count). The van der Waals surface area contributed by atoms with Crippen LogP contribution in [0.5, 0.6) is 0 Å². The van der Waals surface area contributed by atoms with Crippen LogP contribution in [0.15, 0.2) is 0 Å². The second-order valence-corrected chi connectivity index (χ2v) is 9.60. The highest BCUT2D eigenvalue weighted by Gasteiger charge is 2.38. The summed E-state index contributed by atoms with van der Waals surface area (Å²) in [6, 6.07) is -0.246. The van der Waals surface area contributed by atoms with Gasteiger partial charge < -0.3 is 9.84 Å². The van der Waals surface area contributed by atoms with Crippen molar-refractivity contribution >= 4 is 9.84 Å². The molecule has 0 saturated carbocycles. The molecule has 22 heavy (non-hydrogen) atoms. The molecule has 1 unspecified atom stereocenters. The van der Waals surface area contributed by atoms with Crippen LogP contribution in [0.25, 0.3) is 0 Å². The molecule has 1 aliphatic rings. The lowest BCUT2D eigenvalue weighted by molar-refractivity contribution is 0.0125. The predicted octanol–water partition coefficient (Wildman–Crippen LogP) is 1.70. The van der Waals surface area contributed by atoms with Gasteiger partial charge in [0.1, 0.15) is 0 Å². The second kappa shape index (κ2) is 8.08. The molecule has 0 spiro atoms. The summed E-state index contributed by atoms with van der Waals surface area (Å²) in [6.07, 6.45) is 3.60. The van der Waals surface area contributed by atoms with Gasteiger partial charge in [-0.05, 0) is 46.2 Å². The molecule has 0 aliphatic carbocycles. The summed E-state index contributed by atoms with van der Waals surface area (Å²) >= 11 is 0. The highest BCUT2D eigenvalue weighted by Crippen LogP contribution is 2.22. The molecule has 0 aromatic carbocycles. The molecule has 0 radical (unpaired) electrons. The zero-order valence-corrected chi connectivity index (χ0v) is 15.5. The topological polar surface area (TPSA) is 66.8 Å². The Bertz CT molecular complexity index is 435. The summed E-state index contributed by atoms with van der Waals surface area (Å²) in [6.45, 7) is 7.27. The first-order valence-corrected chi connectivity index (χ1v) is 10.0. The van der Waals surface area contributed by atoms with Crippen LogP contribution in [-0.4, -0.2) is 68.4 Å². The van der Waals surface area contributed by atoms with E-state index in [9.17, 15) is 13.5 Å². The molecule has 1 fully saturated rings. The van der Waals surface area contributed by atoms with Crippen LogP contribution < -0.4 is 0 Å². The molecule has 0 aromatic rings. The maximum Gasteiger partial charge on any atom is 0.154 e. The minimum atomic E-state index is -3.07. The number of hydrogen-bond donors (Lipinski definition) is 1. The first kappa shape index (κ1) is 19.9. The Morgan fingerprint density at radius 2 is 1.95 bits per heavy atom. The van der Waals surface area contributed by atoms with E-state index in [2.05, 4.69) is 20.8 Å². The third-order valence-electron chi connectivity index (χ3n) is 4.86. The van der Waals surface area contributed by atoms with Crippen LogP contribution in [0, 0.1) is 5.92 Å². The summed E-state index contributed by atoms with van der Waals surface area (Å²) in [4.78, 5) is 2.00. The molecule has 0 bridgehead atoms. The van der Waals surface area contributed by atoms with Crippen molar-refractivity contribution in [2.24, 2.45) is 5.92 Å². The molecule has 5 nitrogen and oxygen atoms in total. The Morgan fingerprint density at radius 1 is 1.32 bits per heavy atom. The van der Waals surface area contributed by atoms with Crippen LogP contribution in [0.2, 0.25) is 0 Å². The highest BCUT2D eigenvalue weighted by molar-refractivity contribution is 7.91. The van der Waals surface area contributed by atoms with Gasteiger partial charge >= 0.3 is 0 Å². The lowest BCUT2D eigenvalue weighted by atomic mass is 9.95. The molecule has 1 heterocycles. The fourth-order valence-electron chi connectivity index (χ4n) is 2.94. The van der Waals surface area contributed by atoms with E-state index in [-0.39, 0.29) is 23.1 Å². The standard InChI is InChI=1S/C16H33NO4S/c1-13(7-6-9-16(2,3)21-5)8-10-17(4)14-11-22(19,20)12-15(14)18/h13-15,18H,6-12H2,1-5H3/t13?,14-,15-/m1/s1. The minimum absolute atomic E-state index is 0.0567. The zero-order chi connectivity index (χ0) is 17.0.